The number of aromatic nitrogens is 1. The summed E-state index contributed by atoms with van der Waals surface area (Å²) in [4.78, 5) is 13.2. The van der Waals surface area contributed by atoms with Crippen LogP contribution in [-0.2, 0) is 17.7 Å². The molecule has 6 heteroatoms. The van der Waals surface area contributed by atoms with Crippen molar-refractivity contribution in [3.05, 3.63) is 94.7 Å². The zero-order valence-electron chi connectivity index (χ0n) is 21.7. The molecule has 0 aliphatic heterocycles. The highest BCUT2D eigenvalue weighted by molar-refractivity contribution is 9.10. The lowest BCUT2D eigenvalue weighted by atomic mass is 9.96. The number of ether oxygens (including phenoxy) is 3. The molecule has 0 saturated heterocycles. The van der Waals surface area contributed by atoms with Crippen LogP contribution >= 0.6 is 15.9 Å². The standard InChI is InChI=1S/C31H32BrNO4/c1-5-36-25-14-12-24(13-15-25)29-27(22-10-16-26(17-11-22)37-21(2)3)20-33(30(29)31(34)35-4)19-18-23-8-6-7-9-28(23)32/h6-17,20-21H,5,18-19H2,1-4H3. The number of benzene rings is 3. The molecule has 3 aromatic carbocycles. The second-order valence-electron chi connectivity index (χ2n) is 8.94. The summed E-state index contributed by atoms with van der Waals surface area (Å²) in [6.07, 6.45) is 2.89. The summed E-state index contributed by atoms with van der Waals surface area (Å²) in [5.41, 5.74) is 5.39. The van der Waals surface area contributed by atoms with E-state index in [1.807, 2.05) is 98.3 Å². The van der Waals surface area contributed by atoms with Crippen molar-refractivity contribution in [2.75, 3.05) is 13.7 Å². The molecule has 0 N–H and O–H groups in total. The Morgan fingerprint density at radius 2 is 1.57 bits per heavy atom. The predicted octanol–water partition coefficient (Wildman–Crippen LogP) is 7.80. The lowest BCUT2D eigenvalue weighted by Gasteiger charge is -2.12. The quantitative estimate of drug-likeness (QED) is 0.185. The van der Waals surface area contributed by atoms with E-state index in [0.29, 0.717) is 18.8 Å². The van der Waals surface area contributed by atoms with Gasteiger partial charge in [-0.15, -0.1) is 0 Å². The van der Waals surface area contributed by atoms with Gasteiger partial charge in [0.1, 0.15) is 17.2 Å². The predicted molar refractivity (Wildman–Crippen MR) is 151 cm³/mol. The molecule has 0 unspecified atom stereocenters. The summed E-state index contributed by atoms with van der Waals surface area (Å²) in [6.45, 7) is 7.18. The lowest BCUT2D eigenvalue weighted by molar-refractivity contribution is 0.0589. The molecule has 4 rings (SSSR count). The smallest absolute Gasteiger partial charge is 0.355 e. The van der Waals surface area contributed by atoms with E-state index < -0.39 is 0 Å². The fraction of sp³-hybridized carbons (Fsp3) is 0.258. The van der Waals surface area contributed by atoms with Gasteiger partial charge in [-0.05, 0) is 74.2 Å². The summed E-state index contributed by atoms with van der Waals surface area (Å²) in [5.74, 6) is 1.22. The Balaban J connectivity index is 1.83. The largest absolute Gasteiger partial charge is 0.494 e. The Bertz CT molecular complexity index is 1340. The SMILES string of the molecule is CCOc1ccc(-c2c(-c3ccc(OC(C)C)cc3)cn(CCc3ccccc3Br)c2C(=O)OC)cc1. The van der Waals surface area contributed by atoms with Gasteiger partial charge >= 0.3 is 5.97 Å². The highest BCUT2D eigenvalue weighted by atomic mass is 79.9. The van der Waals surface area contributed by atoms with E-state index in [2.05, 4.69) is 22.0 Å². The van der Waals surface area contributed by atoms with Crippen LogP contribution in [0.2, 0.25) is 0 Å². The maximum atomic E-state index is 13.2. The van der Waals surface area contributed by atoms with Crippen molar-refractivity contribution in [3.63, 3.8) is 0 Å². The second kappa shape index (κ2) is 12.2. The van der Waals surface area contributed by atoms with Crippen molar-refractivity contribution in [2.45, 2.75) is 39.8 Å². The van der Waals surface area contributed by atoms with Crippen molar-refractivity contribution in [1.29, 1.82) is 0 Å². The van der Waals surface area contributed by atoms with Gasteiger partial charge in [0.15, 0.2) is 0 Å². The molecular formula is C31H32BrNO4. The van der Waals surface area contributed by atoms with Gasteiger partial charge in [-0.2, -0.15) is 0 Å². The first-order valence-corrected chi connectivity index (χ1v) is 13.3. The van der Waals surface area contributed by atoms with Crippen LogP contribution in [0.3, 0.4) is 0 Å². The number of carbonyl (C=O) groups is 1. The van der Waals surface area contributed by atoms with Gasteiger partial charge in [0.05, 0.1) is 19.8 Å². The molecule has 0 saturated carbocycles. The molecule has 0 fully saturated rings. The first-order valence-electron chi connectivity index (χ1n) is 12.5. The number of hydrogen-bond donors (Lipinski definition) is 0. The van der Waals surface area contributed by atoms with Crippen LogP contribution in [0.25, 0.3) is 22.3 Å². The van der Waals surface area contributed by atoms with Crippen molar-refractivity contribution in [2.24, 2.45) is 0 Å². The molecule has 0 aliphatic carbocycles. The molecule has 1 aromatic heterocycles. The minimum absolute atomic E-state index is 0.0922. The number of esters is 1. The van der Waals surface area contributed by atoms with Crippen molar-refractivity contribution >= 4 is 21.9 Å². The van der Waals surface area contributed by atoms with Crippen LogP contribution in [0.5, 0.6) is 11.5 Å². The third kappa shape index (κ3) is 6.25. The average Bonchev–Trinajstić information content (AvgIpc) is 3.28. The topological polar surface area (TPSA) is 49.7 Å². The van der Waals surface area contributed by atoms with Crippen LogP contribution in [0.1, 0.15) is 36.8 Å². The zero-order chi connectivity index (χ0) is 26.4. The minimum atomic E-state index is -0.373. The van der Waals surface area contributed by atoms with Gasteiger partial charge in [-0.1, -0.05) is 58.4 Å². The molecule has 192 valence electrons. The lowest BCUT2D eigenvalue weighted by Crippen LogP contribution is -2.12. The Hall–Kier alpha value is -3.51. The summed E-state index contributed by atoms with van der Waals surface area (Å²) in [5, 5.41) is 0. The number of aryl methyl sites for hydroxylation is 2. The van der Waals surface area contributed by atoms with Crippen LogP contribution in [0.15, 0.2) is 83.5 Å². The van der Waals surface area contributed by atoms with Crippen LogP contribution in [0, 0.1) is 0 Å². The number of nitrogens with zero attached hydrogens (tertiary/aromatic N) is 1. The summed E-state index contributed by atoms with van der Waals surface area (Å²) < 4.78 is 19.8. The van der Waals surface area contributed by atoms with Crippen molar-refractivity contribution in [1.82, 2.24) is 4.57 Å². The molecule has 0 atom stereocenters. The van der Waals surface area contributed by atoms with E-state index in [0.717, 1.165) is 44.6 Å². The van der Waals surface area contributed by atoms with Gasteiger partial charge in [0.25, 0.3) is 0 Å². The molecule has 0 radical (unpaired) electrons. The van der Waals surface area contributed by atoms with Gasteiger partial charge in [0, 0.05) is 28.3 Å². The van der Waals surface area contributed by atoms with Crippen molar-refractivity contribution < 1.29 is 19.0 Å². The third-order valence-electron chi connectivity index (χ3n) is 6.03. The number of methoxy groups -OCH3 is 1. The molecule has 0 spiro atoms. The van der Waals surface area contributed by atoms with Gasteiger partial charge < -0.3 is 18.8 Å². The normalized spacial score (nSPS) is 11.0. The maximum absolute atomic E-state index is 13.2. The number of halogens is 1. The average molecular weight is 563 g/mol. The Labute approximate surface area is 227 Å². The molecule has 0 aliphatic rings. The first-order chi connectivity index (χ1) is 17.9. The molecule has 0 amide bonds. The van der Waals surface area contributed by atoms with Crippen LogP contribution in [0.4, 0.5) is 0 Å². The van der Waals surface area contributed by atoms with Gasteiger partial charge in [0.2, 0.25) is 0 Å². The molecule has 37 heavy (non-hydrogen) atoms. The van der Waals surface area contributed by atoms with E-state index in [9.17, 15) is 4.79 Å². The van der Waals surface area contributed by atoms with E-state index in [1.165, 1.54) is 12.7 Å². The van der Waals surface area contributed by atoms with E-state index >= 15 is 0 Å². The fourth-order valence-corrected chi connectivity index (χ4v) is 4.85. The highest BCUT2D eigenvalue weighted by Gasteiger charge is 2.25. The molecule has 0 bridgehead atoms. The van der Waals surface area contributed by atoms with E-state index in [1.54, 1.807) is 0 Å². The van der Waals surface area contributed by atoms with Gasteiger partial charge in [-0.25, -0.2) is 4.79 Å². The Morgan fingerprint density at radius 3 is 2.19 bits per heavy atom. The van der Waals surface area contributed by atoms with Crippen LogP contribution < -0.4 is 9.47 Å². The van der Waals surface area contributed by atoms with E-state index in [4.69, 9.17) is 14.2 Å². The minimum Gasteiger partial charge on any atom is -0.494 e. The molecule has 4 aromatic rings. The van der Waals surface area contributed by atoms with E-state index in [-0.39, 0.29) is 12.1 Å². The Kier molecular flexibility index (Phi) is 8.72. The number of carbonyl (C=O) groups excluding carboxylic acids is 1. The zero-order valence-corrected chi connectivity index (χ0v) is 23.2. The van der Waals surface area contributed by atoms with Gasteiger partial charge in [-0.3, -0.25) is 0 Å². The van der Waals surface area contributed by atoms with Crippen molar-refractivity contribution in [3.8, 4) is 33.8 Å². The molecular weight excluding hydrogens is 530 g/mol. The summed E-state index contributed by atoms with van der Waals surface area (Å²) in [6, 6.07) is 24.0. The first kappa shape index (κ1) is 26.6. The highest BCUT2D eigenvalue weighted by Crippen LogP contribution is 2.39. The Morgan fingerprint density at radius 1 is 0.919 bits per heavy atom. The second-order valence-corrected chi connectivity index (χ2v) is 9.80. The maximum Gasteiger partial charge on any atom is 0.355 e. The van der Waals surface area contributed by atoms with Crippen LogP contribution in [-0.4, -0.2) is 30.4 Å². The third-order valence-corrected chi connectivity index (χ3v) is 6.80. The number of rotatable bonds is 10. The summed E-state index contributed by atoms with van der Waals surface area (Å²) >= 11 is 3.64. The number of hydrogen-bond acceptors (Lipinski definition) is 4. The fourth-order valence-electron chi connectivity index (χ4n) is 4.37. The molecule has 1 heterocycles. The monoisotopic (exact) mass is 561 g/mol. The molecule has 5 nitrogen and oxygen atoms in total. The summed E-state index contributed by atoms with van der Waals surface area (Å²) in [7, 11) is 1.42.